The fourth-order valence-electron chi connectivity index (χ4n) is 4.25. The molecule has 0 saturated carbocycles. The summed E-state index contributed by atoms with van der Waals surface area (Å²) >= 11 is 19.4. The van der Waals surface area contributed by atoms with Crippen LogP contribution in [-0.2, 0) is 6.54 Å². The molecule has 5 rings (SSSR count). The summed E-state index contributed by atoms with van der Waals surface area (Å²) in [4.78, 5) is 12.2. The predicted molar refractivity (Wildman–Crippen MR) is 134 cm³/mol. The van der Waals surface area contributed by atoms with Gasteiger partial charge in [-0.3, -0.25) is 4.79 Å². The number of benzene rings is 4. The van der Waals surface area contributed by atoms with E-state index in [1.54, 1.807) is 6.07 Å². The van der Waals surface area contributed by atoms with Gasteiger partial charge in [0.25, 0.3) is 0 Å². The van der Waals surface area contributed by atoms with Gasteiger partial charge >= 0.3 is 0 Å². The summed E-state index contributed by atoms with van der Waals surface area (Å²) in [6.07, 6.45) is 0. The predicted octanol–water partition coefficient (Wildman–Crippen LogP) is 7.57. The summed E-state index contributed by atoms with van der Waals surface area (Å²) in [6.45, 7) is 0.529. The first-order valence-electron chi connectivity index (χ1n) is 9.98. The highest BCUT2D eigenvalue weighted by Crippen LogP contribution is 2.39. The lowest BCUT2D eigenvalue weighted by molar-refractivity contribution is 0.100. The first-order valence-corrected chi connectivity index (χ1v) is 11.1. The number of amides is 1. The van der Waals surface area contributed by atoms with Crippen LogP contribution >= 0.6 is 34.8 Å². The van der Waals surface area contributed by atoms with Crippen LogP contribution in [0, 0.1) is 0 Å². The lowest BCUT2D eigenvalue weighted by atomic mass is 10.0. The normalized spacial score (nSPS) is 11.3. The van der Waals surface area contributed by atoms with Gasteiger partial charge in [0, 0.05) is 43.5 Å². The lowest BCUT2D eigenvalue weighted by Gasteiger charge is -2.11. The molecule has 0 saturated heterocycles. The van der Waals surface area contributed by atoms with E-state index in [2.05, 4.69) is 4.57 Å². The molecule has 0 fully saturated rings. The van der Waals surface area contributed by atoms with Gasteiger partial charge in [-0.05, 0) is 47.5 Å². The Morgan fingerprint density at radius 3 is 2.19 bits per heavy atom. The van der Waals surface area contributed by atoms with Crippen molar-refractivity contribution in [3.8, 4) is 11.1 Å². The van der Waals surface area contributed by atoms with Crippen LogP contribution in [-0.4, -0.2) is 10.5 Å². The molecule has 158 valence electrons. The second-order valence-corrected chi connectivity index (χ2v) is 8.79. The first-order chi connectivity index (χ1) is 15.5. The van der Waals surface area contributed by atoms with E-state index < -0.39 is 5.91 Å². The smallest absolute Gasteiger partial charge is 0.249 e. The molecule has 0 bridgehead atoms. The van der Waals surface area contributed by atoms with E-state index in [0.29, 0.717) is 27.2 Å². The average Bonchev–Trinajstić information content (AvgIpc) is 3.08. The van der Waals surface area contributed by atoms with Gasteiger partial charge in [-0.2, -0.15) is 0 Å². The van der Waals surface area contributed by atoms with E-state index in [-0.39, 0.29) is 0 Å². The number of halogens is 3. The topological polar surface area (TPSA) is 48.0 Å². The molecule has 5 aromatic rings. The maximum Gasteiger partial charge on any atom is 0.249 e. The Kier molecular flexibility index (Phi) is 5.34. The Morgan fingerprint density at radius 2 is 1.47 bits per heavy atom. The summed E-state index contributed by atoms with van der Waals surface area (Å²) in [7, 11) is 0. The van der Waals surface area contributed by atoms with Crippen molar-refractivity contribution in [2.75, 3.05) is 0 Å². The van der Waals surface area contributed by atoms with Gasteiger partial charge in [0.2, 0.25) is 5.91 Å². The Balaban J connectivity index is 1.85. The molecule has 1 aromatic heterocycles. The van der Waals surface area contributed by atoms with Crippen molar-refractivity contribution in [3.63, 3.8) is 0 Å². The monoisotopic (exact) mass is 478 g/mol. The Morgan fingerprint density at radius 1 is 0.781 bits per heavy atom. The highest BCUT2D eigenvalue weighted by Gasteiger charge is 2.19. The molecule has 1 heterocycles. The molecule has 2 N–H and O–H groups in total. The maximum absolute atomic E-state index is 12.2. The largest absolute Gasteiger partial charge is 0.366 e. The average molecular weight is 480 g/mol. The van der Waals surface area contributed by atoms with Crippen LogP contribution in [0.4, 0.5) is 0 Å². The zero-order valence-corrected chi connectivity index (χ0v) is 19.0. The second kappa shape index (κ2) is 8.18. The number of hydrogen-bond donors (Lipinski definition) is 1. The van der Waals surface area contributed by atoms with E-state index in [0.717, 1.165) is 38.5 Å². The van der Waals surface area contributed by atoms with Crippen molar-refractivity contribution in [1.82, 2.24) is 4.57 Å². The fraction of sp³-hybridized carbons (Fsp3) is 0.0385. The van der Waals surface area contributed by atoms with Gasteiger partial charge in [-0.1, -0.05) is 77.3 Å². The minimum absolute atomic E-state index is 0.467. The summed E-state index contributed by atoms with van der Waals surface area (Å²) in [6, 6.07) is 24.8. The number of carbonyl (C=O) groups excluding carboxylic acids is 1. The van der Waals surface area contributed by atoms with Crippen LogP contribution in [0.3, 0.4) is 0 Å². The quantitative estimate of drug-likeness (QED) is 0.284. The number of nitrogens with two attached hydrogens (primary N) is 1. The van der Waals surface area contributed by atoms with Gasteiger partial charge in [-0.25, -0.2) is 0 Å². The summed E-state index contributed by atoms with van der Waals surface area (Å²) in [5.41, 5.74) is 10.7. The zero-order chi connectivity index (χ0) is 22.4. The molecule has 0 spiro atoms. The van der Waals surface area contributed by atoms with Gasteiger partial charge in [0.15, 0.2) is 0 Å². The molecule has 1 amide bonds. The summed E-state index contributed by atoms with van der Waals surface area (Å²) in [5.74, 6) is -0.467. The van der Waals surface area contributed by atoms with Gasteiger partial charge in [-0.15, -0.1) is 0 Å². The molecular formula is C26H17Cl3N2O. The Labute approximate surface area is 199 Å². The molecule has 6 heteroatoms. The third-order valence-corrected chi connectivity index (χ3v) is 6.69. The number of aromatic nitrogens is 1. The molecular weight excluding hydrogens is 463 g/mol. The number of hydrogen-bond acceptors (Lipinski definition) is 1. The van der Waals surface area contributed by atoms with Crippen LogP contribution in [0.2, 0.25) is 15.1 Å². The van der Waals surface area contributed by atoms with E-state index in [1.807, 2.05) is 72.8 Å². The SMILES string of the molecule is NC(=O)c1cccc2c1c1ccc(-c3c(Cl)cccc3Cl)cc1n2Cc1ccccc1Cl. The van der Waals surface area contributed by atoms with Crippen molar-refractivity contribution >= 4 is 62.5 Å². The van der Waals surface area contributed by atoms with E-state index in [1.165, 1.54) is 0 Å². The maximum atomic E-state index is 12.2. The summed E-state index contributed by atoms with van der Waals surface area (Å²) < 4.78 is 2.15. The zero-order valence-electron chi connectivity index (χ0n) is 16.8. The highest BCUT2D eigenvalue weighted by atomic mass is 35.5. The van der Waals surface area contributed by atoms with Crippen molar-refractivity contribution in [3.05, 3.63) is 105 Å². The van der Waals surface area contributed by atoms with Gasteiger partial charge in [0.05, 0.1) is 11.0 Å². The third kappa shape index (κ3) is 3.43. The Hall–Kier alpha value is -2.98. The van der Waals surface area contributed by atoms with Crippen LogP contribution in [0.5, 0.6) is 0 Å². The van der Waals surface area contributed by atoms with Crippen molar-refractivity contribution in [2.24, 2.45) is 5.73 Å². The number of nitrogens with zero attached hydrogens (tertiary/aromatic N) is 1. The Bertz CT molecular complexity index is 1500. The van der Waals surface area contributed by atoms with Crippen molar-refractivity contribution < 1.29 is 4.79 Å². The molecule has 0 atom stereocenters. The van der Waals surface area contributed by atoms with E-state index in [9.17, 15) is 4.79 Å². The van der Waals surface area contributed by atoms with E-state index >= 15 is 0 Å². The number of carbonyl (C=O) groups is 1. The molecule has 0 aliphatic heterocycles. The molecule has 0 aliphatic carbocycles. The lowest BCUT2D eigenvalue weighted by Crippen LogP contribution is -2.11. The molecule has 0 radical (unpaired) electrons. The summed E-state index contributed by atoms with van der Waals surface area (Å²) in [5, 5.41) is 3.57. The van der Waals surface area contributed by atoms with Crippen LogP contribution < -0.4 is 5.73 Å². The van der Waals surface area contributed by atoms with Crippen LogP contribution in [0.1, 0.15) is 15.9 Å². The molecule has 32 heavy (non-hydrogen) atoms. The van der Waals surface area contributed by atoms with Crippen molar-refractivity contribution in [1.29, 1.82) is 0 Å². The number of rotatable bonds is 4. The second-order valence-electron chi connectivity index (χ2n) is 7.57. The number of fused-ring (bicyclic) bond motifs is 3. The molecule has 0 unspecified atom stereocenters. The standard InChI is InChI=1S/C26H17Cl3N2O/c27-19-7-2-1-5-16(19)14-31-22-10-3-6-18(26(30)32)25(22)17-12-11-15(13-23(17)31)24-20(28)8-4-9-21(24)29/h1-13H,14H2,(H2,30,32). The van der Waals surface area contributed by atoms with E-state index in [4.69, 9.17) is 40.5 Å². The first kappa shape index (κ1) is 20.9. The fourth-order valence-corrected chi connectivity index (χ4v) is 5.06. The van der Waals surface area contributed by atoms with Crippen LogP contribution in [0.15, 0.2) is 78.9 Å². The third-order valence-electron chi connectivity index (χ3n) is 5.69. The van der Waals surface area contributed by atoms with Gasteiger partial charge in [0.1, 0.15) is 0 Å². The minimum atomic E-state index is -0.467. The van der Waals surface area contributed by atoms with Crippen molar-refractivity contribution in [2.45, 2.75) is 6.54 Å². The minimum Gasteiger partial charge on any atom is -0.366 e. The molecule has 3 nitrogen and oxygen atoms in total. The van der Waals surface area contributed by atoms with Gasteiger partial charge < -0.3 is 10.3 Å². The van der Waals surface area contributed by atoms with Crippen LogP contribution in [0.25, 0.3) is 32.9 Å². The number of primary amides is 1. The highest BCUT2D eigenvalue weighted by molar-refractivity contribution is 6.39. The molecule has 4 aromatic carbocycles. The molecule has 0 aliphatic rings.